The van der Waals surface area contributed by atoms with Crippen LogP contribution >= 0.6 is 0 Å². The van der Waals surface area contributed by atoms with Crippen molar-refractivity contribution in [2.45, 2.75) is 57.4 Å². The Balaban J connectivity index is 1.29. The van der Waals surface area contributed by atoms with E-state index in [4.69, 9.17) is 4.74 Å². The predicted molar refractivity (Wildman–Crippen MR) is 116 cm³/mol. The Morgan fingerprint density at radius 2 is 1.97 bits per heavy atom. The molecule has 4 rings (SSSR count). The Bertz CT molecular complexity index is 980. The summed E-state index contributed by atoms with van der Waals surface area (Å²) >= 11 is 0. The molecule has 10 heteroatoms. The molecule has 0 spiro atoms. The van der Waals surface area contributed by atoms with Gasteiger partial charge in [0.25, 0.3) is 0 Å². The van der Waals surface area contributed by atoms with E-state index in [1.807, 2.05) is 0 Å². The lowest BCUT2D eigenvalue weighted by Crippen LogP contribution is -2.33. The molecule has 0 bridgehead atoms. The van der Waals surface area contributed by atoms with Crippen LogP contribution in [0.25, 0.3) is 0 Å². The van der Waals surface area contributed by atoms with Crippen molar-refractivity contribution in [2.75, 3.05) is 25.4 Å². The molecular formula is C22H30FN3O5S. The summed E-state index contributed by atoms with van der Waals surface area (Å²) in [6.45, 7) is 1.000. The smallest absolute Gasteiger partial charge is 0.324 e. The summed E-state index contributed by atoms with van der Waals surface area (Å²) in [5.41, 5.74) is 1.58. The normalized spacial score (nSPS) is 20.9. The van der Waals surface area contributed by atoms with Crippen LogP contribution in [0.3, 0.4) is 0 Å². The maximum absolute atomic E-state index is 14.4. The predicted octanol–water partition coefficient (Wildman–Crippen LogP) is 2.63. The number of amides is 3. The van der Waals surface area contributed by atoms with E-state index >= 15 is 0 Å². The number of fused-ring (bicyclic) bond motifs is 1. The molecule has 1 aromatic carbocycles. The number of ether oxygens (including phenoxy) is 1. The minimum absolute atomic E-state index is 0.0177. The Labute approximate surface area is 187 Å². The number of carbonyl (C=O) groups is 2. The second kappa shape index (κ2) is 9.74. The van der Waals surface area contributed by atoms with Crippen LogP contribution in [-0.4, -0.2) is 50.7 Å². The first-order valence-electron chi connectivity index (χ1n) is 11.4. The number of sulfonamides is 1. The molecule has 3 amide bonds. The van der Waals surface area contributed by atoms with E-state index in [9.17, 15) is 22.4 Å². The third kappa shape index (κ3) is 5.78. The van der Waals surface area contributed by atoms with Gasteiger partial charge in [-0.05, 0) is 62.5 Å². The summed E-state index contributed by atoms with van der Waals surface area (Å²) in [5, 5.41) is 2.22. The summed E-state index contributed by atoms with van der Waals surface area (Å²) in [4.78, 5) is 24.1. The van der Waals surface area contributed by atoms with Crippen LogP contribution in [0.1, 0.15) is 62.1 Å². The van der Waals surface area contributed by atoms with Crippen molar-refractivity contribution < 1.29 is 27.1 Å². The van der Waals surface area contributed by atoms with E-state index in [0.29, 0.717) is 51.2 Å². The Hall–Kier alpha value is -2.20. The number of benzene rings is 1. The topological polar surface area (TPSA) is 105 Å². The molecule has 32 heavy (non-hydrogen) atoms. The van der Waals surface area contributed by atoms with E-state index in [1.165, 1.54) is 11.0 Å². The molecule has 176 valence electrons. The fourth-order valence-electron chi connectivity index (χ4n) is 4.31. The van der Waals surface area contributed by atoms with Gasteiger partial charge < -0.3 is 9.64 Å². The number of nitrogens with one attached hydrogen (secondary N) is 2. The second-order valence-electron chi connectivity index (χ2n) is 8.92. The number of unbranched alkanes of at least 4 members (excludes halogenated alkanes) is 2. The van der Waals surface area contributed by atoms with Crippen LogP contribution in [0.2, 0.25) is 0 Å². The highest BCUT2D eigenvalue weighted by atomic mass is 32.2. The van der Waals surface area contributed by atoms with E-state index < -0.39 is 16.1 Å². The molecule has 1 aliphatic heterocycles. The minimum Gasteiger partial charge on any atom is -0.490 e. The highest BCUT2D eigenvalue weighted by molar-refractivity contribution is 7.89. The molecule has 2 fully saturated rings. The minimum atomic E-state index is -3.51. The Morgan fingerprint density at radius 1 is 1.16 bits per heavy atom. The summed E-state index contributed by atoms with van der Waals surface area (Å²) in [5.74, 6) is 0.0685. The van der Waals surface area contributed by atoms with Crippen molar-refractivity contribution in [2.24, 2.45) is 5.92 Å². The molecule has 1 aromatic rings. The van der Waals surface area contributed by atoms with Crippen LogP contribution in [-0.2, 0) is 21.2 Å². The van der Waals surface area contributed by atoms with E-state index in [2.05, 4.69) is 10.0 Å². The number of urea groups is 1. The Kier molecular flexibility index (Phi) is 6.99. The monoisotopic (exact) mass is 467 g/mol. The van der Waals surface area contributed by atoms with Crippen LogP contribution < -0.4 is 14.8 Å². The van der Waals surface area contributed by atoms with Gasteiger partial charge in [0.2, 0.25) is 15.9 Å². The number of nitrogens with zero attached hydrogens (tertiary/aromatic N) is 1. The first kappa shape index (κ1) is 23.0. The van der Waals surface area contributed by atoms with Crippen molar-refractivity contribution in [3.8, 4) is 5.75 Å². The highest BCUT2D eigenvalue weighted by Gasteiger charge is 2.30. The van der Waals surface area contributed by atoms with Gasteiger partial charge in [-0.25, -0.2) is 22.3 Å². The molecule has 1 saturated carbocycles. The lowest BCUT2D eigenvalue weighted by atomic mass is 9.87. The van der Waals surface area contributed by atoms with Crippen LogP contribution in [0.15, 0.2) is 12.1 Å². The van der Waals surface area contributed by atoms with Crippen molar-refractivity contribution >= 4 is 22.0 Å². The summed E-state index contributed by atoms with van der Waals surface area (Å²) in [7, 11) is -3.51. The third-order valence-electron chi connectivity index (χ3n) is 6.23. The van der Waals surface area contributed by atoms with E-state index in [0.717, 1.165) is 30.4 Å². The zero-order valence-electron chi connectivity index (χ0n) is 18.1. The molecule has 0 aromatic heterocycles. The van der Waals surface area contributed by atoms with Gasteiger partial charge in [-0.2, -0.15) is 0 Å². The summed E-state index contributed by atoms with van der Waals surface area (Å²) < 4.78 is 48.3. The van der Waals surface area contributed by atoms with E-state index in [-0.39, 0.29) is 35.8 Å². The largest absolute Gasteiger partial charge is 0.490 e. The maximum atomic E-state index is 14.4. The molecule has 2 N–H and O–H groups in total. The van der Waals surface area contributed by atoms with Crippen molar-refractivity contribution in [3.05, 3.63) is 29.1 Å². The molecule has 2 aliphatic carbocycles. The van der Waals surface area contributed by atoms with Gasteiger partial charge >= 0.3 is 6.03 Å². The molecular weight excluding hydrogens is 437 g/mol. The highest BCUT2D eigenvalue weighted by Crippen LogP contribution is 2.38. The lowest BCUT2D eigenvalue weighted by molar-refractivity contribution is -0.118. The van der Waals surface area contributed by atoms with Gasteiger partial charge in [-0.15, -0.1) is 0 Å². The molecule has 8 nitrogen and oxygen atoms in total. The van der Waals surface area contributed by atoms with Gasteiger partial charge in [0.05, 0.1) is 12.4 Å². The van der Waals surface area contributed by atoms with E-state index in [1.54, 1.807) is 6.07 Å². The maximum Gasteiger partial charge on any atom is 0.324 e. The van der Waals surface area contributed by atoms with Crippen molar-refractivity contribution in [1.29, 1.82) is 0 Å². The zero-order valence-corrected chi connectivity index (χ0v) is 18.9. The van der Waals surface area contributed by atoms with Gasteiger partial charge in [0, 0.05) is 18.2 Å². The SMILES string of the molecule is O=C1CN(CCCCCS(=O)(=O)N[C@H]2CCCc3c2ccc(F)c3OCC2CC2)C(=O)N1. The third-order valence-corrected chi connectivity index (χ3v) is 7.70. The van der Waals surface area contributed by atoms with Crippen molar-refractivity contribution in [3.63, 3.8) is 0 Å². The quantitative estimate of drug-likeness (QED) is 0.385. The van der Waals surface area contributed by atoms with Crippen LogP contribution in [0.4, 0.5) is 9.18 Å². The number of carbonyl (C=O) groups excluding carboxylic acids is 2. The molecule has 1 atom stereocenters. The fraction of sp³-hybridized carbons (Fsp3) is 0.636. The van der Waals surface area contributed by atoms with Gasteiger partial charge in [-0.1, -0.05) is 12.5 Å². The molecule has 0 unspecified atom stereocenters. The first-order valence-corrected chi connectivity index (χ1v) is 13.0. The standard InChI is InChI=1S/C22H30FN3O5S/c23-18-10-9-16-17(21(18)31-14-15-7-8-15)5-4-6-19(16)25-32(29,30)12-3-1-2-11-26-13-20(27)24-22(26)28/h9-10,15,19,25H,1-8,11-14H2,(H,24,27,28)/t19-/m0/s1. The summed E-state index contributed by atoms with van der Waals surface area (Å²) in [6.07, 6.45) is 6.05. The lowest BCUT2D eigenvalue weighted by Gasteiger charge is -2.28. The molecule has 3 aliphatic rings. The zero-order chi connectivity index (χ0) is 22.7. The van der Waals surface area contributed by atoms with Gasteiger partial charge in [-0.3, -0.25) is 10.1 Å². The van der Waals surface area contributed by atoms with Crippen LogP contribution in [0, 0.1) is 11.7 Å². The fourth-order valence-corrected chi connectivity index (χ4v) is 5.69. The Morgan fingerprint density at radius 3 is 2.69 bits per heavy atom. The molecule has 1 heterocycles. The number of imide groups is 1. The average Bonchev–Trinajstić information content (AvgIpc) is 3.50. The first-order chi connectivity index (χ1) is 15.3. The number of hydrogen-bond acceptors (Lipinski definition) is 5. The number of halogens is 1. The molecule has 1 saturated heterocycles. The van der Waals surface area contributed by atoms with Crippen molar-refractivity contribution in [1.82, 2.24) is 14.9 Å². The number of hydrogen-bond donors (Lipinski definition) is 2. The average molecular weight is 468 g/mol. The second-order valence-corrected chi connectivity index (χ2v) is 10.8. The van der Waals surface area contributed by atoms with Gasteiger partial charge in [0.15, 0.2) is 11.6 Å². The summed E-state index contributed by atoms with van der Waals surface area (Å²) in [6, 6.07) is 2.26. The number of rotatable bonds is 11. The molecule has 0 radical (unpaired) electrons. The van der Waals surface area contributed by atoms with Gasteiger partial charge in [0.1, 0.15) is 6.54 Å². The van der Waals surface area contributed by atoms with Crippen LogP contribution in [0.5, 0.6) is 5.75 Å².